The molecule has 0 saturated carbocycles. The van der Waals surface area contributed by atoms with Gasteiger partial charge in [0.2, 0.25) is 0 Å². The minimum Gasteiger partial charge on any atom is -0.508 e. The third kappa shape index (κ3) is 2.71. The van der Waals surface area contributed by atoms with Crippen LogP contribution < -0.4 is 5.56 Å². The van der Waals surface area contributed by atoms with E-state index in [4.69, 9.17) is 16.3 Å². The lowest BCUT2D eigenvalue weighted by Crippen LogP contribution is -2.18. The minimum absolute atomic E-state index is 0.167. The highest BCUT2D eigenvalue weighted by Gasteiger charge is 2.17. The molecule has 1 aromatic heterocycles. The van der Waals surface area contributed by atoms with E-state index < -0.39 is 6.10 Å². The first-order chi connectivity index (χ1) is 10.6. The highest BCUT2D eigenvalue weighted by atomic mass is 35.5. The molecule has 1 atom stereocenters. The van der Waals surface area contributed by atoms with E-state index in [1.807, 2.05) is 6.07 Å². The minimum atomic E-state index is -0.510. The number of ether oxygens (including phenoxy) is 1. The van der Waals surface area contributed by atoms with Gasteiger partial charge in [-0.05, 0) is 41.3 Å². The molecule has 3 aromatic rings. The number of phenolic OH excluding ortho intramolecular Hbond substituents is 1. The summed E-state index contributed by atoms with van der Waals surface area (Å²) in [5.41, 5.74) is 1.75. The lowest BCUT2D eigenvalue weighted by Gasteiger charge is -2.16. The predicted octanol–water partition coefficient (Wildman–Crippen LogP) is 3.62. The van der Waals surface area contributed by atoms with Crippen LogP contribution in [0.1, 0.15) is 17.2 Å². The topological polar surface area (TPSA) is 62.3 Å². The van der Waals surface area contributed by atoms with Crippen LogP contribution >= 0.6 is 11.6 Å². The summed E-state index contributed by atoms with van der Waals surface area (Å²) in [6.45, 7) is 0. The van der Waals surface area contributed by atoms with E-state index in [1.54, 1.807) is 49.6 Å². The molecule has 112 valence electrons. The number of aromatic hydroxyl groups is 1. The molecule has 22 heavy (non-hydrogen) atoms. The molecule has 5 heteroatoms. The molecule has 1 unspecified atom stereocenters. The van der Waals surface area contributed by atoms with Crippen LogP contribution in [0, 0.1) is 0 Å². The second-order valence-electron chi connectivity index (χ2n) is 4.99. The zero-order valence-electron chi connectivity index (χ0n) is 11.8. The Balaban J connectivity index is 2.14. The van der Waals surface area contributed by atoms with E-state index in [-0.39, 0.29) is 11.3 Å². The smallest absolute Gasteiger partial charge is 0.254 e. The Morgan fingerprint density at radius 3 is 2.55 bits per heavy atom. The maximum absolute atomic E-state index is 12.4. The number of phenols is 1. The van der Waals surface area contributed by atoms with Crippen molar-refractivity contribution in [2.24, 2.45) is 0 Å². The van der Waals surface area contributed by atoms with Gasteiger partial charge in [-0.15, -0.1) is 0 Å². The number of pyridine rings is 1. The molecule has 0 aliphatic heterocycles. The van der Waals surface area contributed by atoms with Gasteiger partial charge in [-0.3, -0.25) is 4.79 Å². The number of halogens is 1. The van der Waals surface area contributed by atoms with E-state index in [0.717, 1.165) is 10.9 Å². The van der Waals surface area contributed by atoms with Crippen molar-refractivity contribution in [2.75, 3.05) is 7.11 Å². The summed E-state index contributed by atoms with van der Waals surface area (Å²) >= 11 is 5.94. The van der Waals surface area contributed by atoms with E-state index >= 15 is 0 Å². The van der Waals surface area contributed by atoms with Gasteiger partial charge in [-0.25, -0.2) is 0 Å². The highest BCUT2D eigenvalue weighted by Crippen LogP contribution is 2.26. The zero-order valence-corrected chi connectivity index (χ0v) is 12.6. The maximum atomic E-state index is 12.4. The monoisotopic (exact) mass is 315 g/mol. The molecule has 2 N–H and O–H groups in total. The van der Waals surface area contributed by atoms with Crippen molar-refractivity contribution >= 4 is 22.5 Å². The summed E-state index contributed by atoms with van der Waals surface area (Å²) in [5, 5.41) is 10.8. The Labute approximate surface area is 131 Å². The standard InChI is InChI=1S/C17H14ClNO3/c1-22-16(10-3-6-13(20)7-4-10)14-8-11-2-5-12(18)9-15(11)19-17(14)21/h2-9,16,20H,1H3,(H,19,21). The van der Waals surface area contributed by atoms with Crippen LogP contribution in [-0.2, 0) is 4.74 Å². The lowest BCUT2D eigenvalue weighted by atomic mass is 10.0. The maximum Gasteiger partial charge on any atom is 0.254 e. The normalized spacial score (nSPS) is 12.5. The van der Waals surface area contributed by atoms with Crippen LogP contribution in [0.4, 0.5) is 0 Å². The van der Waals surface area contributed by atoms with E-state index in [2.05, 4.69) is 4.98 Å². The van der Waals surface area contributed by atoms with Crippen LogP contribution in [0.15, 0.2) is 53.3 Å². The van der Waals surface area contributed by atoms with Crippen LogP contribution in [0.25, 0.3) is 10.9 Å². The SMILES string of the molecule is COC(c1ccc(O)cc1)c1cc2ccc(Cl)cc2[nH]c1=O. The van der Waals surface area contributed by atoms with Gasteiger partial charge >= 0.3 is 0 Å². The molecule has 4 nitrogen and oxygen atoms in total. The predicted molar refractivity (Wildman–Crippen MR) is 86.5 cm³/mol. The van der Waals surface area contributed by atoms with Gasteiger partial charge in [0.1, 0.15) is 11.9 Å². The Bertz CT molecular complexity index is 871. The summed E-state index contributed by atoms with van der Waals surface area (Å²) in [6, 6.07) is 13.7. The number of methoxy groups -OCH3 is 1. The molecule has 2 aromatic carbocycles. The first-order valence-electron chi connectivity index (χ1n) is 6.72. The fourth-order valence-electron chi connectivity index (χ4n) is 2.48. The van der Waals surface area contributed by atoms with E-state index in [9.17, 15) is 9.90 Å². The Morgan fingerprint density at radius 2 is 1.86 bits per heavy atom. The van der Waals surface area contributed by atoms with Crippen molar-refractivity contribution < 1.29 is 9.84 Å². The highest BCUT2D eigenvalue weighted by molar-refractivity contribution is 6.31. The number of aromatic nitrogens is 1. The van der Waals surface area contributed by atoms with Crippen LogP contribution in [0.5, 0.6) is 5.75 Å². The third-order valence-corrected chi connectivity index (χ3v) is 3.79. The summed E-state index contributed by atoms with van der Waals surface area (Å²) in [4.78, 5) is 15.2. The molecule has 3 rings (SSSR count). The molecule has 0 spiro atoms. The van der Waals surface area contributed by atoms with Crippen LogP contribution in [0.3, 0.4) is 0 Å². The molecule has 0 saturated heterocycles. The number of fused-ring (bicyclic) bond motifs is 1. The van der Waals surface area contributed by atoms with Gasteiger partial charge in [0.05, 0.1) is 5.56 Å². The first-order valence-corrected chi connectivity index (χ1v) is 7.10. The largest absolute Gasteiger partial charge is 0.508 e. The number of hydrogen-bond donors (Lipinski definition) is 2. The molecule has 0 bridgehead atoms. The first kappa shape index (κ1) is 14.6. The number of hydrogen-bond acceptors (Lipinski definition) is 3. The fourth-order valence-corrected chi connectivity index (χ4v) is 2.65. The summed E-state index contributed by atoms with van der Waals surface area (Å²) in [6.07, 6.45) is -0.510. The molecule has 1 heterocycles. The average Bonchev–Trinajstić information content (AvgIpc) is 2.50. The van der Waals surface area contributed by atoms with Gasteiger partial charge in [-0.2, -0.15) is 0 Å². The quantitative estimate of drug-likeness (QED) is 0.776. The van der Waals surface area contributed by atoms with E-state index in [0.29, 0.717) is 16.1 Å². The molecule has 0 aliphatic rings. The lowest BCUT2D eigenvalue weighted by molar-refractivity contribution is 0.135. The number of H-pyrrole nitrogens is 1. The van der Waals surface area contributed by atoms with Crippen molar-refractivity contribution in [3.05, 3.63) is 75.0 Å². The second-order valence-corrected chi connectivity index (χ2v) is 5.43. The summed E-state index contributed by atoms with van der Waals surface area (Å²) in [7, 11) is 1.54. The molecule has 0 aliphatic carbocycles. The van der Waals surface area contributed by atoms with Gasteiger partial charge in [-0.1, -0.05) is 29.8 Å². The van der Waals surface area contributed by atoms with Crippen molar-refractivity contribution in [1.82, 2.24) is 4.98 Å². The Morgan fingerprint density at radius 1 is 1.14 bits per heavy atom. The van der Waals surface area contributed by atoms with Crippen molar-refractivity contribution in [3.63, 3.8) is 0 Å². The average molecular weight is 316 g/mol. The third-order valence-electron chi connectivity index (χ3n) is 3.55. The fraction of sp³-hybridized carbons (Fsp3) is 0.118. The van der Waals surface area contributed by atoms with Crippen LogP contribution in [-0.4, -0.2) is 17.2 Å². The van der Waals surface area contributed by atoms with Crippen LogP contribution in [0.2, 0.25) is 5.02 Å². The number of aromatic amines is 1. The number of nitrogens with one attached hydrogen (secondary N) is 1. The van der Waals surface area contributed by atoms with Gasteiger partial charge in [0, 0.05) is 17.6 Å². The molecule has 0 amide bonds. The van der Waals surface area contributed by atoms with Gasteiger partial charge < -0.3 is 14.8 Å². The summed E-state index contributed by atoms with van der Waals surface area (Å²) < 4.78 is 5.49. The van der Waals surface area contributed by atoms with Crippen molar-refractivity contribution in [2.45, 2.75) is 6.10 Å². The second kappa shape index (κ2) is 5.83. The van der Waals surface area contributed by atoms with Crippen molar-refractivity contribution in [1.29, 1.82) is 0 Å². The zero-order chi connectivity index (χ0) is 15.7. The number of rotatable bonds is 3. The Hall–Kier alpha value is -2.30. The number of benzene rings is 2. The molecular weight excluding hydrogens is 302 g/mol. The summed E-state index contributed by atoms with van der Waals surface area (Å²) in [5.74, 6) is 0.167. The van der Waals surface area contributed by atoms with Gasteiger partial charge in [0.15, 0.2) is 0 Å². The molecule has 0 fully saturated rings. The van der Waals surface area contributed by atoms with Gasteiger partial charge in [0.25, 0.3) is 5.56 Å². The van der Waals surface area contributed by atoms with Crippen molar-refractivity contribution in [3.8, 4) is 5.75 Å². The molecular formula is C17H14ClNO3. The Kier molecular flexibility index (Phi) is 3.88. The molecule has 0 radical (unpaired) electrons. The van der Waals surface area contributed by atoms with E-state index in [1.165, 1.54) is 0 Å².